The molecule has 0 spiro atoms. The Bertz CT molecular complexity index is 954. The molecule has 1 fully saturated rings. The first-order valence-corrected chi connectivity index (χ1v) is 11.9. The van der Waals surface area contributed by atoms with Crippen LogP contribution in [0.4, 0.5) is 0 Å². The van der Waals surface area contributed by atoms with E-state index in [4.69, 9.17) is 4.98 Å². The summed E-state index contributed by atoms with van der Waals surface area (Å²) in [4.78, 5) is 34.3. The summed E-state index contributed by atoms with van der Waals surface area (Å²) < 4.78 is 1.80. The molecule has 1 N–H and O–H groups in total. The maximum atomic E-state index is 12.9. The van der Waals surface area contributed by atoms with Gasteiger partial charge in [0.2, 0.25) is 0 Å². The van der Waals surface area contributed by atoms with Crippen molar-refractivity contribution in [3.8, 4) is 0 Å². The van der Waals surface area contributed by atoms with E-state index in [0.29, 0.717) is 33.7 Å². The van der Waals surface area contributed by atoms with Crippen LogP contribution in [0.5, 0.6) is 0 Å². The monoisotopic (exact) mass is 416 g/mol. The van der Waals surface area contributed by atoms with Gasteiger partial charge in [-0.2, -0.15) is 0 Å². The highest BCUT2D eigenvalue weighted by molar-refractivity contribution is 7.20. The number of thiophene rings is 1. The Morgan fingerprint density at radius 1 is 1.21 bits per heavy atom. The molecule has 2 unspecified atom stereocenters. The van der Waals surface area contributed by atoms with Crippen molar-refractivity contribution >= 4 is 27.5 Å². The van der Waals surface area contributed by atoms with Crippen molar-refractivity contribution < 1.29 is 4.79 Å². The van der Waals surface area contributed by atoms with Crippen LogP contribution in [0.1, 0.15) is 73.4 Å². The molecule has 4 heterocycles. The van der Waals surface area contributed by atoms with Gasteiger partial charge in [0.1, 0.15) is 10.7 Å². The number of carbonyl (C=O) groups is 1. The number of nitrogens with zero attached hydrogens (tertiary/aromatic N) is 3. The highest BCUT2D eigenvalue weighted by Crippen LogP contribution is 2.28. The normalized spacial score (nSPS) is 22.6. The standard InChI is InChI=1S/C22H32N4O2S/c1-14-8-6-9-15(2)25(14)13-7-11-23-20(27)19-16(3)18-21(29-19)24-17-10-4-5-12-26(17)22(18)28/h14-15H,4-13H2,1-3H3,(H,23,27). The van der Waals surface area contributed by atoms with Gasteiger partial charge in [0.05, 0.1) is 10.3 Å². The molecular formula is C22H32N4O2S. The van der Waals surface area contributed by atoms with E-state index >= 15 is 0 Å². The summed E-state index contributed by atoms with van der Waals surface area (Å²) in [7, 11) is 0. The molecule has 1 amide bonds. The molecule has 2 aromatic heterocycles. The molecule has 2 aromatic rings. The van der Waals surface area contributed by atoms with Crippen molar-refractivity contribution in [2.24, 2.45) is 0 Å². The van der Waals surface area contributed by atoms with Gasteiger partial charge >= 0.3 is 0 Å². The smallest absolute Gasteiger partial charge is 0.262 e. The van der Waals surface area contributed by atoms with Crippen molar-refractivity contribution in [1.82, 2.24) is 19.8 Å². The van der Waals surface area contributed by atoms with E-state index in [2.05, 4.69) is 24.1 Å². The van der Waals surface area contributed by atoms with Crippen LogP contribution in [-0.2, 0) is 13.0 Å². The number of hydrogen-bond acceptors (Lipinski definition) is 5. The van der Waals surface area contributed by atoms with Crippen molar-refractivity contribution in [1.29, 1.82) is 0 Å². The van der Waals surface area contributed by atoms with E-state index < -0.39 is 0 Å². The first kappa shape index (κ1) is 20.5. The van der Waals surface area contributed by atoms with Crippen LogP contribution >= 0.6 is 11.3 Å². The van der Waals surface area contributed by atoms with Crippen LogP contribution in [-0.4, -0.2) is 45.5 Å². The lowest BCUT2D eigenvalue weighted by atomic mass is 9.97. The van der Waals surface area contributed by atoms with Crippen molar-refractivity contribution in [3.05, 3.63) is 26.6 Å². The van der Waals surface area contributed by atoms with Crippen LogP contribution in [0, 0.1) is 6.92 Å². The Balaban J connectivity index is 1.43. The van der Waals surface area contributed by atoms with E-state index in [0.717, 1.165) is 50.2 Å². The molecule has 6 nitrogen and oxygen atoms in total. The van der Waals surface area contributed by atoms with Gasteiger partial charge in [-0.1, -0.05) is 6.42 Å². The number of aryl methyl sites for hydroxylation is 2. The quantitative estimate of drug-likeness (QED) is 0.758. The van der Waals surface area contributed by atoms with Gasteiger partial charge in [-0.25, -0.2) is 4.98 Å². The lowest BCUT2D eigenvalue weighted by molar-refractivity contribution is 0.0928. The largest absolute Gasteiger partial charge is 0.351 e. The fourth-order valence-corrected chi connectivity index (χ4v) is 6.02. The molecule has 0 radical (unpaired) electrons. The number of fused-ring (bicyclic) bond motifs is 2. The summed E-state index contributed by atoms with van der Waals surface area (Å²) in [6, 6.07) is 1.26. The second-order valence-corrected chi connectivity index (χ2v) is 9.65. The molecule has 2 atom stereocenters. The molecule has 158 valence electrons. The molecule has 0 saturated carbocycles. The lowest BCUT2D eigenvalue weighted by Crippen LogP contribution is -2.44. The van der Waals surface area contributed by atoms with Gasteiger partial charge in [-0.15, -0.1) is 11.3 Å². The van der Waals surface area contributed by atoms with Crippen LogP contribution in [0.25, 0.3) is 10.2 Å². The van der Waals surface area contributed by atoms with E-state index in [1.54, 1.807) is 4.57 Å². The summed E-state index contributed by atoms with van der Waals surface area (Å²) in [6.07, 6.45) is 7.73. The van der Waals surface area contributed by atoms with Crippen molar-refractivity contribution in [3.63, 3.8) is 0 Å². The van der Waals surface area contributed by atoms with E-state index in [-0.39, 0.29) is 11.5 Å². The van der Waals surface area contributed by atoms with Gasteiger partial charge in [0.25, 0.3) is 11.5 Å². The zero-order chi connectivity index (χ0) is 20.5. The average molecular weight is 417 g/mol. The molecule has 0 aliphatic carbocycles. The van der Waals surface area contributed by atoms with Crippen LogP contribution < -0.4 is 10.9 Å². The predicted octanol–water partition coefficient (Wildman–Crippen LogP) is 3.49. The Morgan fingerprint density at radius 3 is 2.72 bits per heavy atom. The van der Waals surface area contributed by atoms with Gasteiger partial charge in [0, 0.05) is 38.1 Å². The third-order valence-corrected chi connectivity index (χ3v) is 7.81. The highest BCUT2D eigenvalue weighted by atomic mass is 32.1. The maximum Gasteiger partial charge on any atom is 0.262 e. The molecule has 29 heavy (non-hydrogen) atoms. The third kappa shape index (κ3) is 3.99. The number of rotatable bonds is 5. The second-order valence-electron chi connectivity index (χ2n) is 8.65. The number of piperidine rings is 1. The number of amides is 1. The summed E-state index contributed by atoms with van der Waals surface area (Å²) in [5.41, 5.74) is 0.796. The molecular weight excluding hydrogens is 384 g/mol. The molecule has 7 heteroatoms. The molecule has 2 aliphatic heterocycles. The van der Waals surface area contributed by atoms with E-state index in [1.807, 2.05) is 6.92 Å². The van der Waals surface area contributed by atoms with Gasteiger partial charge in [0.15, 0.2) is 0 Å². The lowest BCUT2D eigenvalue weighted by Gasteiger charge is -2.39. The van der Waals surface area contributed by atoms with E-state index in [1.165, 1.54) is 30.6 Å². The molecule has 2 aliphatic rings. The number of likely N-dealkylation sites (tertiary alicyclic amines) is 1. The van der Waals surface area contributed by atoms with Crippen LogP contribution in [0.3, 0.4) is 0 Å². The minimum atomic E-state index is -0.0763. The number of nitrogens with one attached hydrogen (secondary N) is 1. The summed E-state index contributed by atoms with van der Waals surface area (Å²) in [5, 5.41) is 3.69. The van der Waals surface area contributed by atoms with Gasteiger partial charge in [-0.05, 0) is 58.4 Å². The molecule has 1 saturated heterocycles. The fraction of sp³-hybridized carbons (Fsp3) is 0.682. The Kier molecular flexibility index (Phi) is 6.06. The zero-order valence-electron chi connectivity index (χ0n) is 17.8. The Morgan fingerprint density at radius 2 is 1.97 bits per heavy atom. The number of hydrogen-bond donors (Lipinski definition) is 1. The molecule has 4 rings (SSSR count). The number of aromatic nitrogens is 2. The minimum Gasteiger partial charge on any atom is -0.351 e. The van der Waals surface area contributed by atoms with Crippen LogP contribution in [0.2, 0.25) is 0 Å². The van der Waals surface area contributed by atoms with Gasteiger partial charge < -0.3 is 5.32 Å². The summed E-state index contributed by atoms with van der Waals surface area (Å²) >= 11 is 1.36. The first-order chi connectivity index (χ1) is 14.0. The van der Waals surface area contributed by atoms with Gasteiger partial charge in [-0.3, -0.25) is 19.1 Å². The Labute approximate surface area is 176 Å². The molecule has 0 aromatic carbocycles. The van der Waals surface area contributed by atoms with Crippen LogP contribution in [0.15, 0.2) is 4.79 Å². The van der Waals surface area contributed by atoms with Crippen molar-refractivity contribution in [2.75, 3.05) is 13.1 Å². The zero-order valence-corrected chi connectivity index (χ0v) is 18.6. The van der Waals surface area contributed by atoms with Crippen molar-refractivity contribution in [2.45, 2.75) is 84.3 Å². The maximum absolute atomic E-state index is 12.9. The Hall–Kier alpha value is -1.73. The summed E-state index contributed by atoms with van der Waals surface area (Å²) in [5.74, 6) is 0.791. The first-order valence-electron chi connectivity index (χ1n) is 11.0. The average Bonchev–Trinajstić information content (AvgIpc) is 3.03. The third-order valence-electron chi connectivity index (χ3n) is 6.62. The fourth-order valence-electron chi connectivity index (χ4n) is 4.91. The topological polar surface area (TPSA) is 67.2 Å². The highest BCUT2D eigenvalue weighted by Gasteiger charge is 2.25. The van der Waals surface area contributed by atoms with E-state index in [9.17, 15) is 9.59 Å². The SMILES string of the molecule is Cc1c(C(=O)NCCCN2C(C)CCCC2C)sc2nc3n(c(=O)c12)CCCC3. The summed E-state index contributed by atoms with van der Waals surface area (Å²) in [6.45, 7) is 8.90. The second kappa shape index (κ2) is 8.56. The number of carbonyl (C=O) groups excluding carboxylic acids is 1. The molecule has 0 bridgehead atoms. The predicted molar refractivity (Wildman–Crippen MR) is 118 cm³/mol. The minimum absolute atomic E-state index is 0.0190.